The van der Waals surface area contributed by atoms with E-state index in [4.69, 9.17) is 4.74 Å². The van der Waals surface area contributed by atoms with Crippen LogP contribution in [0.1, 0.15) is 26.7 Å². The van der Waals surface area contributed by atoms with Gasteiger partial charge in [-0.3, -0.25) is 9.59 Å². The van der Waals surface area contributed by atoms with Crippen LogP contribution in [-0.2, 0) is 9.59 Å². The fourth-order valence-corrected chi connectivity index (χ4v) is 3.27. The van der Waals surface area contributed by atoms with Crippen molar-refractivity contribution in [1.82, 2.24) is 4.90 Å². The fraction of sp³-hybridized carbons (Fsp3) is 0.529. The van der Waals surface area contributed by atoms with Gasteiger partial charge in [0.2, 0.25) is 11.8 Å². The number of likely N-dealkylation sites (tertiary alicyclic amines) is 1. The van der Waals surface area contributed by atoms with Gasteiger partial charge in [-0.2, -0.15) is 0 Å². The Morgan fingerprint density at radius 3 is 2.55 bits per heavy atom. The molecule has 0 aliphatic carbocycles. The highest BCUT2D eigenvalue weighted by Crippen LogP contribution is 2.35. The molecule has 1 unspecified atom stereocenters. The lowest BCUT2D eigenvalue weighted by molar-refractivity contribution is -0.133. The Hall–Kier alpha value is -2.04. The summed E-state index contributed by atoms with van der Waals surface area (Å²) in [6.07, 6.45) is 1.48. The second kappa shape index (κ2) is 5.99. The number of ether oxygens (including phenoxy) is 1. The van der Waals surface area contributed by atoms with Gasteiger partial charge >= 0.3 is 0 Å². The first kappa shape index (κ1) is 14.9. The normalized spacial score (nSPS) is 22.0. The summed E-state index contributed by atoms with van der Waals surface area (Å²) in [6.45, 7) is 5.47. The SMILES string of the molecule is CC(=O)N1CCC(C(=O)N2c3ccccc3OCC2C)CC1. The second-order valence-corrected chi connectivity index (χ2v) is 6.12. The monoisotopic (exact) mass is 302 g/mol. The number of fused-ring (bicyclic) bond motifs is 1. The second-order valence-electron chi connectivity index (χ2n) is 6.12. The van der Waals surface area contributed by atoms with Gasteiger partial charge in [0.1, 0.15) is 12.4 Å². The molecule has 0 aromatic heterocycles. The van der Waals surface area contributed by atoms with Gasteiger partial charge in [0, 0.05) is 25.9 Å². The summed E-state index contributed by atoms with van der Waals surface area (Å²) in [5, 5.41) is 0. The van der Waals surface area contributed by atoms with E-state index in [2.05, 4.69) is 0 Å². The predicted molar refractivity (Wildman–Crippen MR) is 83.9 cm³/mol. The molecule has 1 aromatic rings. The minimum Gasteiger partial charge on any atom is -0.489 e. The smallest absolute Gasteiger partial charge is 0.230 e. The standard InChI is InChI=1S/C17H22N2O3/c1-12-11-22-16-6-4-3-5-15(16)19(12)17(21)14-7-9-18(10-8-14)13(2)20/h3-6,12,14H,7-11H2,1-2H3. The van der Waals surface area contributed by atoms with Crippen LogP contribution in [0.4, 0.5) is 5.69 Å². The van der Waals surface area contributed by atoms with Gasteiger partial charge in [-0.1, -0.05) is 12.1 Å². The van der Waals surface area contributed by atoms with Crippen LogP contribution >= 0.6 is 0 Å². The quantitative estimate of drug-likeness (QED) is 0.798. The molecular formula is C17H22N2O3. The zero-order valence-electron chi connectivity index (χ0n) is 13.1. The molecule has 1 aromatic carbocycles. The first-order valence-corrected chi connectivity index (χ1v) is 7.88. The minimum atomic E-state index is -0.00999. The molecule has 0 saturated carbocycles. The highest BCUT2D eigenvalue weighted by Gasteiger charge is 2.35. The van der Waals surface area contributed by atoms with E-state index in [0.29, 0.717) is 19.7 Å². The van der Waals surface area contributed by atoms with Crippen LogP contribution < -0.4 is 9.64 Å². The number of amides is 2. The van der Waals surface area contributed by atoms with Crippen molar-refractivity contribution in [2.45, 2.75) is 32.7 Å². The zero-order chi connectivity index (χ0) is 15.7. The third-order valence-electron chi connectivity index (χ3n) is 4.57. The molecule has 1 saturated heterocycles. The molecule has 1 fully saturated rings. The number of carbonyl (C=O) groups is 2. The summed E-state index contributed by atoms with van der Waals surface area (Å²) in [4.78, 5) is 28.1. The summed E-state index contributed by atoms with van der Waals surface area (Å²) in [7, 11) is 0. The lowest BCUT2D eigenvalue weighted by atomic mass is 9.94. The highest BCUT2D eigenvalue weighted by atomic mass is 16.5. The van der Waals surface area contributed by atoms with Crippen molar-refractivity contribution < 1.29 is 14.3 Å². The molecule has 2 amide bonds. The van der Waals surface area contributed by atoms with Crippen LogP contribution in [-0.4, -0.2) is 42.5 Å². The molecule has 2 aliphatic rings. The third-order valence-corrected chi connectivity index (χ3v) is 4.57. The number of nitrogens with zero attached hydrogens (tertiary/aromatic N) is 2. The Kier molecular flexibility index (Phi) is 4.05. The number of benzene rings is 1. The van der Waals surface area contributed by atoms with Crippen molar-refractivity contribution in [2.24, 2.45) is 5.92 Å². The summed E-state index contributed by atoms with van der Waals surface area (Å²) in [5.74, 6) is 1.02. The molecule has 0 spiro atoms. The maximum atomic E-state index is 13.0. The molecule has 3 rings (SSSR count). The van der Waals surface area contributed by atoms with Crippen molar-refractivity contribution in [2.75, 3.05) is 24.6 Å². The lowest BCUT2D eigenvalue weighted by Crippen LogP contribution is -2.50. The van der Waals surface area contributed by atoms with E-state index in [1.54, 1.807) is 6.92 Å². The molecule has 118 valence electrons. The maximum absolute atomic E-state index is 13.0. The van der Waals surface area contributed by atoms with Gasteiger partial charge in [-0.15, -0.1) is 0 Å². The van der Waals surface area contributed by atoms with E-state index >= 15 is 0 Å². The Morgan fingerprint density at radius 1 is 1.18 bits per heavy atom. The van der Waals surface area contributed by atoms with Crippen molar-refractivity contribution in [3.05, 3.63) is 24.3 Å². The first-order chi connectivity index (χ1) is 10.6. The van der Waals surface area contributed by atoms with Crippen molar-refractivity contribution >= 4 is 17.5 Å². The van der Waals surface area contributed by atoms with Gasteiger partial charge in [0.05, 0.1) is 11.7 Å². The van der Waals surface area contributed by atoms with Crippen LogP contribution in [0.2, 0.25) is 0 Å². The molecular weight excluding hydrogens is 280 g/mol. The van der Waals surface area contributed by atoms with Gasteiger partial charge in [-0.05, 0) is 31.9 Å². The van der Waals surface area contributed by atoms with Gasteiger partial charge < -0.3 is 14.5 Å². The molecule has 0 radical (unpaired) electrons. The van der Waals surface area contributed by atoms with Crippen molar-refractivity contribution in [3.8, 4) is 5.75 Å². The molecule has 22 heavy (non-hydrogen) atoms. The minimum absolute atomic E-state index is 0.00999. The summed E-state index contributed by atoms with van der Waals surface area (Å²) in [6, 6.07) is 7.73. The van der Waals surface area contributed by atoms with E-state index in [-0.39, 0.29) is 23.8 Å². The predicted octanol–water partition coefficient (Wildman–Crippen LogP) is 2.06. The van der Waals surface area contributed by atoms with Gasteiger partial charge in [0.15, 0.2) is 0 Å². The van der Waals surface area contributed by atoms with E-state index in [1.807, 2.05) is 41.0 Å². The molecule has 0 N–H and O–H groups in total. The first-order valence-electron chi connectivity index (χ1n) is 7.88. The van der Waals surface area contributed by atoms with Crippen molar-refractivity contribution in [3.63, 3.8) is 0 Å². The lowest BCUT2D eigenvalue weighted by Gasteiger charge is -2.39. The van der Waals surface area contributed by atoms with Crippen LogP contribution in [0.25, 0.3) is 0 Å². The molecule has 2 heterocycles. The molecule has 1 atom stereocenters. The van der Waals surface area contributed by atoms with E-state index in [0.717, 1.165) is 24.3 Å². The van der Waals surface area contributed by atoms with Gasteiger partial charge in [0.25, 0.3) is 0 Å². The van der Waals surface area contributed by atoms with E-state index in [9.17, 15) is 9.59 Å². The largest absolute Gasteiger partial charge is 0.489 e. The Bertz CT molecular complexity index is 579. The molecule has 5 nitrogen and oxygen atoms in total. The number of rotatable bonds is 1. The fourth-order valence-electron chi connectivity index (χ4n) is 3.27. The maximum Gasteiger partial charge on any atom is 0.230 e. The summed E-state index contributed by atoms with van der Waals surface area (Å²) < 4.78 is 5.71. The molecule has 2 aliphatic heterocycles. The average molecular weight is 302 g/mol. The topological polar surface area (TPSA) is 49.9 Å². The average Bonchev–Trinajstić information content (AvgIpc) is 2.54. The Morgan fingerprint density at radius 2 is 1.86 bits per heavy atom. The summed E-state index contributed by atoms with van der Waals surface area (Å²) in [5.41, 5.74) is 0.861. The van der Waals surface area contributed by atoms with Crippen LogP contribution in [0, 0.1) is 5.92 Å². The number of anilines is 1. The molecule has 0 bridgehead atoms. The van der Waals surface area contributed by atoms with Crippen LogP contribution in [0.3, 0.4) is 0 Å². The number of carbonyl (C=O) groups excluding carboxylic acids is 2. The number of piperidine rings is 1. The number of hydrogen-bond donors (Lipinski definition) is 0. The van der Waals surface area contributed by atoms with Crippen LogP contribution in [0.15, 0.2) is 24.3 Å². The van der Waals surface area contributed by atoms with Gasteiger partial charge in [-0.25, -0.2) is 0 Å². The number of hydrogen-bond acceptors (Lipinski definition) is 3. The third kappa shape index (κ3) is 2.67. The molecule has 5 heteroatoms. The number of para-hydroxylation sites is 2. The zero-order valence-corrected chi connectivity index (χ0v) is 13.1. The highest BCUT2D eigenvalue weighted by molar-refractivity contribution is 5.97. The van der Waals surface area contributed by atoms with E-state index in [1.165, 1.54) is 0 Å². The van der Waals surface area contributed by atoms with E-state index < -0.39 is 0 Å². The summed E-state index contributed by atoms with van der Waals surface area (Å²) >= 11 is 0. The Balaban J connectivity index is 1.76. The van der Waals surface area contributed by atoms with Crippen molar-refractivity contribution in [1.29, 1.82) is 0 Å². The Labute approximate surface area is 130 Å². The van der Waals surface area contributed by atoms with Crippen LogP contribution in [0.5, 0.6) is 5.75 Å².